The molecule has 1 aromatic rings. The molecule has 0 radical (unpaired) electrons. The van der Waals surface area contributed by atoms with Gasteiger partial charge in [0.1, 0.15) is 18.7 Å². The molecular weight excluding hydrogens is 217 g/mol. The first kappa shape index (κ1) is 12.0. The Morgan fingerprint density at radius 1 is 1.44 bits per heavy atom. The number of hydrogen-bond donors (Lipinski definition) is 1. The molecule has 1 N–H and O–H groups in total. The number of phenolic OH excluding ortho intramolecular Hbond substituents is 1. The van der Waals surface area contributed by atoms with Crippen molar-refractivity contribution in [2.45, 2.75) is 0 Å². The van der Waals surface area contributed by atoms with Crippen LogP contribution < -0.4 is 0 Å². The maximum Gasteiger partial charge on any atom is 0.360 e. The minimum absolute atomic E-state index is 0.0371. The number of oxime groups is 1. The van der Waals surface area contributed by atoms with Crippen LogP contribution >= 0.6 is 0 Å². The first-order valence-electron chi connectivity index (χ1n) is 4.28. The van der Waals surface area contributed by atoms with Gasteiger partial charge in [-0.3, -0.25) is 0 Å². The molecule has 0 spiro atoms. The lowest BCUT2D eigenvalue weighted by Gasteiger charge is -2.05. The van der Waals surface area contributed by atoms with E-state index in [1.807, 2.05) is 0 Å². The molecule has 16 heavy (non-hydrogen) atoms. The van der Waals surface area contributed by atoms with Gasteiger partial charge in [-0.05, 0) is 12.1 Å². The summed E-state index contributed by atoms with van der Waals surface area (Å²) in [5, 5.41) is 12.9. The van der Waals surface area contributed by atoms with Crippen molar-refractivity contribution in [2.75, 3.05) is 14.2 Å². The van der Waals surface area contributed by atoms with Crippen molar-refractivity contribution in [2.24, 2.45) is 5.16 Å². The summed E-state index contributed by atoms with van der Waals surface area (Å²) >= 11 is 0. The zero-order chi connectivity index (χ0) is 12.1. The van der Waals surface area contributed by atoms with Gasteiger partial charge >= 0.3 is 5.97 Å². The second-order valence-corrected chi connectivity index (χ2v) is 2.78. The SMILES string of the molecule is CON=C(C(=O)OC)c1ccc(F)cc1O. The zero-order valence-electron chi connectivity index (χ0n) is 8.73. The lowest BCUT2D eigenvalue weighted by Crippen LogP contribution is -2.17. The molecule has 0 aliphatic heterocycles. The predicted octanol–water partition coefficient (Wildman–Crippen LogP) is 1.05. The second kappa shape index (κ2) is 5.11. The molecular formula is C10H10FNO4. The molecule has 0 unspecified atom stereocenters. The highest BCUT2D eigenvalue weighted by Gasteiger charge is 2.19. The van der Waals surface area contributed by atoms with E-state index in [4.69, 9.17) is 0 Å². The maximum absolute atomic E-state index is 12.7. The van der Waals surface area contributed by atoms with E-state index in [1.54, 1.807) is 0 Å². The van der Waals surface area contributed by atoms with Gasteiger partial charge in [-0.1, -0.05) is 5.16 Å². The molecule has 0 aliphatic carbocycles. The summed E-state index contributed by atoms with van der Waals surface area (Å²) in [4.78, 5) is 15.8. The molecule has 0 atom stereocenters. The average Bonchev–Trinajstić information content (AvgIpc) is 2.26. The van der Waals surface area contributed by atoms with Crippen molar-refractivity contribution < 1.29 is 23.9 Å². The lowest BCUT2D eigenvalue weighted by atomic mass is 10.1. The van der Waals surface area contributed by atoms with Crippen LogP contribution in [0.4, 0.5) is 4.39 Å². The smallest absolute Gasteiger partial charge is 0.360 e. The molecule has 0 heterocycles. The first-order valence-corrected chi connectivity index (χ1v) is 4.28. The predicted molar refractivity (Wildman–Crippen MR) is 53.6 cm³/mol. The highest BCUT2D eigenvalue weighted by Crippen LogP contribution is 2.19. The Balaban J connectivity index is 3.22. The first-order chi connectivity index (χ1) is 7.60. The van der Waals surface area contributed by atoms with Gasteiger partial charge < -0.3 is 14.7 Å². The monoisotopic (exact) mass is 227 g/mol. The Bertz CT molecular complexity index is 431. The Labute approximate surface area is 91.1 Å². The largest absolute Gasteiger partial charge is 0.507 e. The van der Waals surface area contributed by atoms with Crippen LogP contribution in [0.5, 0.6) is 5.75 Å². The summed E-state index contributed by atoms with van der Waals surface area (Å²) in [7, 11) is 2.40. The quantitative estimate of drug-likeness (QED) is 0.476. The number of aromatic hydroxyl groups is 1. The molecule has 1 rings (SSSR count). The van der Waals surface area contributed by atoms with E-state index >= 15 is 0 Å². The summed E-state index contributed by atoms with van der Waals surface area (Å²) in [6, 6.07) is 3.16. The van der Waals surface area contributed by atoms with E-state index in [9.17, 15) is 14.3 Å². The Kier molecular flexibility index (Phi) is 3.82. The van der Waals surface area contributed by atoms with E-state index in [1.165, 1.54) is 13.2 Å². The van der Waals surface area contributed by atoms with Crippen molar-refractivity contribution in [1.82, 2.24) is 0 Å². The van der Waals surface area contributed by atoms with Crippen LogP contribution in [0.25, 0.3) is 0 Å². The summed E-state index contributed by atoms with van der Waals surface area (Å²) in [5.74, 6) is -1.83. The van der Waals surface area contributed by atoms with Crippen molar-refractivity contribution in [1.29, 1.82) is 0 Å². The van der Waals surface area contributed by atoms with Crippen LogP contribution in [0.3, 0.4) is 0 Å². The molecule has 0 saturated carbocycles. The van der Waals surface area contributed by atoms with Gasteiger partial charge in [0.2, 0.25) is 0 Å². The number of carbonyl (C=O) groups excluding carboxylic acids is 1. The number of phenols is 1. The molecule has 6 heteroatoms. The number of nitrogens with zero attached hydrogens (tertiary/aromatic N) is 1. The highest BCUT2D eigenvalue weighted by atomic mass is 19.1. The summed E-state index contributed by atoms with van der Waals surface area (Å²) < 4.78 is 17.2. The van der Waals surface area contributed by atoms with E-state index < -0.39 is 17.5 Å². The van der Waals surface area contributed by atoms with Crippen molar-refractivity contribution in [3.63, 3.8) is 0 Å². The average molecular weight is 227 g/mol. The van der Waals surface area contributed by atoms with Gasteiger partial charge in [0, 0.05) is 6.07 Å². The van der Waals surface area contributed by atoms with Crippen LogP contribution in [-0.4, -0.2) is 31.0 Å². The number of esters is 1. The fourth-order valence-electron chi connectivity index (χ4n) is 1.09. The number of benzene rings is 1. The summed E-state index contributed by atoms with van der Waals surface area (Å²) in [6.45, 7) is 0. The standard InChI is InChI=1S/C10H10FNO4/c1-15-10(14)9(12-16-2)7-4-3-6(11)5-8(7)13/h3-5,13H,1-2H3. The number of rotatable bonds is 3. The highest BCUT2D eigenvalue weighted by molar-refractivity contribution is 6.43. The van der Waals surface area contributed by atoms with Gasteiger partial charge in [0.25, 0.3) is 0 Å². The Morgan fingerprint density at radius 2 is 2.12 bits per heavy atom. The number of halogens is 1. The van der Waals surface area contributed by atoms with Crippen molar-refractivity contribution >= 4 is 11.7 Å². The molecule has 0 aromatic heterocycles. The van der Waals surface area contributed by atoms with Crippen LogP contribution in [0.15, 0.2) is 23.4 Å². The van der Waals surface area contributed by atoms with Crippen LogP contribution in [-0.2, 0) is 14.4 Å². The molecule has 0 bridgehead atoms. The number of methoxy groups -OCH3 is 1. The van der Waals surface area contributed by atoms with Gasteiger partial charge in [-0.25, -0.2) is 9.18 Å². The maximum atomic E-state index is 12.7. The minimum atomic E-state index is -0.788. The van der Waals surface area contributed by atoms with Crippen molar-refractivity contribution in [3.8, 4) is 5.75 Å². The molecule has 0 fully saturated rings. The van der Waals surface area contributed by atoms with Crippen molar-refractivity contribution in [3.05, 3.63) is 29.6 Å². The van der Waals surface area contributed by atoms with Gasteiger partial charge in [-0.2, -0.15) is 0 Å². The molecule has 86 valence electrons. The molecule has 0 aliphatic rings. The van der Waals surface area contributed by atoms with Crippen LogP contribution in [0.2, 0.25) is 0 Å². The molecule has 5 nitrogen and oxygen atoms in total. The Hall–Kier alpha value is -2.11. The molecule has 0 amide bonds. The zero-order valence-corrected chi connectivity index (χ0v) is 8.73. The summed E-state index contributed by atoms with van der Waals surface area (Å²) in [5.41, 5.74) is -0.197. The van der Waals surface area contributed by atoms with Gasteiger partial charge in [0.05, 0.1) is 12.7 Å². The normalized spacial score (nSPS) is 11.1. The van der Waals surface area contributed by atoms with E-state index in [0.29, 0.717) is 0 Å². The van der Waals surface area contributed by atoms with E-state index in [-0.39, 0.29) is 11.3 Å². The second-order valence-electron chi connectivity index (χ2n) is 2.78. The fourth-order valence-corrected chi connectivity index (χ4v) is 1.09. The Morgan fingerprint density at radius 3 is 2.62 bits per heavy atom. The number of carbonyl (C=O) groups is 1. The minimum Gasteiger partial charge on any atom is -0.507 e. The third kappa shape index (κ3) is 2.47. The van der Waals surface area contributed by atoms with Crippen LogP contribution in [0, 0.1) is 5.82 Å². The number of ether oxygens (including phenoxy) is 1. The van der Waals surface area contributed by atoms with E-state index in [0.717, 1.165) is 19.2 Å². The summed E-state index contributed by atoms with van der Waals surface area (Å²) in [6.07, 6.45) is 0. The lowest BCUT2D eigenvalue weighted by molar-refractivity contribution is -0.132. The van der Waals surface area contributed by atoms with Crippen LogP contribution in [0.1, 0.15) is 5.56 Å². The number of hydrogen-bond acceptors (Lipinski definition) is 5. The topological polar surface area (TPSA) is 68.1 Å². The molecule has 1 aromatic carbocycles. The van der Waals surface area contributed by atoms with Gasteiger partial charge in [0.15, 0.2) is 5.71 Å². The molecule has 0 saturated heterocycles. The third-order valence-corrected chi connectivity index (χ3v) is 1.78. The fraction of sp³-hybridized carbons (Fsp3) is 0.200. The van der Waals surface area contributed by atoms with Gasteiger partial charge in [-0.15, -0.1) is 0 Å². The van der Waals surface area contributed by atoms with E-state index in [2.05, 4.69) is 14.7 Å². The third-order valence-electron chi connectivity index (χ3n) is 1.78.